The van der Waals surface area contributed by atoms with E-state index < -0.39 is 5.82 Å². The van der Waals surface area contributed by atoms with Crippen molar-refractivity contribution < 1.29 is 4.39 Å². The first kappa shape index (κ1) is 14.3. The van der Waals surface area contributed by atoms with Crippen LogP contribution in [0.5, 0.6) is 0 Å². The van der Waals surface area contributed by atoms with Crippen molar-refractivity contribution in [1.29, 1.82) is 0 Å². The van der Waals surface area contributed by atoms with Crippen LogP contribution in [0.25, 0.3) is 11.3 Å². The number of nitrogens with zero attached hydrogens (tertiary/aromatic N) is 1. The third-order valence-electron chi connectivity index (χ3n) is 2.66. The Balaban J connectivity index is 2.20. The van der Waals surface area contributed by atoms with Crippen LogP contribution in [0.4, 0.5) is 4.39 Å². The third-order valence-corrected chi connectivity index (χ3v) is 3.26. The van der Waals surface area contributed by atoms with Crippen molar-refractivity contribution >= 4 is 23.2 Å². The van der Waals surface area contributed by atoms with E-state index in [4.69, 9.17) is 23.2 Å². The van der Waals surface area contributed by atoms with E-state index >= 15 is 0 Å². The molecule has 1 aromatic heterocycles. The summed E-state index contributed by atoms with van der Waals surface area (Å²) in [6, 6.07) is 4.53. The Bertz CT molecular complexity index is 569. The molecule has 0 aliphatic carbocycles. The fourth-order valence-corrected chi connectivity index (χ4v) is 2.19. The maximum Gasteiger partial charge on any atom is 0.142 e. The Labute approximate surface area is 121 Å². The third kappa shape index (κ3) is 3.47. The molecule has 19 heavy (non-hydrogen) atoms. The maximum atomic E-state index is 13.5. The number of H-pyrrole nitrogens is 1. The molecule has 0 amide bonds. The first-order valence-corrected chi connectivity index (χ1v) is 6.77. The second kappa shape index (κ2) is 6.37. The molecule has 0 aliphatic heterocycles. The van der Waals surface area contributed by atoms with Crippen LogP contribution < -0.4 is 5.32 Å². The highest BCUT2D eigenvalue weighted by atomic mass is 35.5. The zero-order chi connectivity index (χ0) is 13.8. The highest BCUT2D eigenvalue weighted by Gasteiger charge is 2.12. The topological polar surface area (TPSA) is 40.7 Å². The summed E-state index contributed by atoms with van der Waals surface area (Å²) in [5.41, 5.74) is 2.06. The SMILES string of the molecule is CCCNCc1cc(-c2cc(F)c(Cl)cc2Cl)n[nH]1. The molecule has 6 heteroatoms. The van der Waals surface area contributed by atoms with E-state index in [1.54, 1.807) is 0 Å². The number of halogens is 3. The van der Waals surface area contributed by atoms with Crippen LogP contribution in [0.15, 0.2) is 18.2 Å². The fraction of sp³-hybridized carbons (Fsp3) is 0.308. The summed E-state index contributed by atoms with van der Waals surface area (Å²) in [6.45, 7) is 3.72. The normalized spacial score (nSPS) is 10.9. The summed E-state index contributed by atoms with van der Waals surface area (Å²) in [5.74, 6) is -0.505. The summed E-state index contributed by atoms with van der Waals surface area (Å²) in [7, 11) is 0. The molecule has 0 atom stereocenters. The van der Waals surface area contributed by atoms with Gasteiger partial charge < -0.3 is 5.32 Å². The summed E-state index contributed by atoms with van der Waals surface area (Å²) in [6.07, 6.45) is 1.06. The van der Waals surface area contributed by atoms with E-state index in [-0.39, 0.29) is 5.02 Å². The van der Waals surface area contributed by atoms with Gasteiger partial charge in [-0.3, -0.25) is 5.10 Å². The van der Waals surface area contributed by atoms with Crippen LogP contribution in [0.1, 0.15) is 19.0 Å². The Morgan fingerprint density at radius 3 is 2.79 bits per heavy atom. The van der Waals surface area contributed by atoms with Crippen molar-refractivity contribution in [2.24, 2.45) is 0 Å². The number of benzene rings is 1. The zero-order valence-electron chi connectivity index (χ0n) is 10.4. The monoisotopic (exact) mass is 301 g/mol. The second-order valence-electron chi connectivity index (χ2n) is 4.20. The molecule has 1 heterocycles. The maximum absolute atomic E-state index is 13.5. The molecular weight excluding hydrogens is 288 g/mol. The summed E-state index contributed by atoms with van der Waals surface area (Å²) in [5, 5.41) is 10.7. The lowest BCUT2D eigenvalue weighted by Crippen LogP contribution is -2.13. The number of nitrogens with one attached hydrogen (secondary N) is 2. The molecule has 2 N–H and O–H groups in total. The van der Waals surface area contributed by atoms with Crippen molar-refractivity contribution in [3.05, 3.63) is 39.8 Å². The lowest BCUT2D eigenvalue weighted by atomic mass is 10.1. The molecule has 0 saturated carbocycles. The van der Waals surface area contributed by atoms with Gasteiger partial charge in [0.05, 0.1) is 15.7 Å². The van der Waals surface area contributed by atoms with Gasteiger partial charge in [0.15, 0.2) is 0 Å². The first-order chi connectivity index (χ1) is 9.11. The fourth-order valence-electron chi connectivity index (χ4n) is 1.71. The van der Waals surface area contributed by atoms with E-state index in [0.29, 0.717) is 22.8 Å². The first-order valence-electron chi connectivity index (χ1n) is 6.01. The highest BCUT2D eigenvalue weighted by molar-refractivity contribution is 6.36. The van der Waals surface area contributed by atoms with Crippen LogP contribution in [-0.2, 0) is 6.54 Å². The minimum atomic E-state index is -0.505. The molecule has 1 aromatic carbocycles. The number of rotatable bonds is 5. The summed E-state index contributed by atoms with van der Waals surface area (Å²) >= 11 is 11.7. The molecule has 2 aromatic rings. The van der Waals surface area contributed by atoms with Gasteiger partial charge in [-0.05, 0) is 31.2 Å². The minimum absolute atomic E-state index is 0.00845. The van der Waals surface area contributed by atoms with Crippen molar-refractivity contribution in [2.75, 3.05) is 6.54 Å². The number of hydrogen-bond donors (Lipinski definition) is 2. The molecule has 0 spiro atoms. The van der Waals surface area contributed by atoms with Gasteiger partial charge in [0.2, 0.25) is 0 Å². The van der Waals surface area contributed by atoms with Gasteiger partial charge in [-0.15, -0.1) is 0 Å². The molecule has 0 bridgehead atoms. The molecule has 2 rings (SSSR count). The second-order valence-corrected chi connectivity index (χ2v) is 5.02. The molecule has 3 nitrogen and oxygen atoms in total. The van der Waals surface area contributed by atoms with Gasteiger partial charge in [0.25, 0.3) is 0 Å². The predicted octanol–water partition coefficient (Wildman–Crippen LogP) is 4.02. The smallest absolute Gasteiger partial charge is 0.142 e. The zero-order valence-corrected chi connectivity index (χ0v) is 11.9. The van der Waals surface area contributed by atoms with Crippen molar-refractivity contribution in [3.63, 3.8) is 0 Å². The van der Waals surface area contributed by atoms with Gasteiger partial charge in [0, 0.05) is 17.8 Å². The molecule has 0 aliphatic rings. The quantitative estimate of drug-likeness (QED) is 0.647. The Hall–Kier alpha value is -1.10. The number of aromatic amines is 1. The molecule has 0 fully saturated rings. The molecule has 0 saturated heterocycles. The molecule has 0 radical (unpaired) electrons. The van der Waals surface area contributed by atoms with Crippen molar-refractivity contribution in [1.82, 2.24) is 15.5 Å². The predicted molar refractivity (Wildman–Crippen MR) is 76.0 cm³/mol. The van der Waals surface area contributed by atoms with Crippen LogP contribution in [0.3, 0.4) is 0 Å². The Kier molecular flexibility index (Phi) is 4.80. The van der Waals surface area contributed by atoms with E-state index in [2.05, 4.69) is 22.4 Å². The van der Waals surface area contributed by atoms with Gasteiger partial charge in [0.1, 0.15) is 5.82 Å². The van der Waals surface area contributed by atoms with Crippen molar-refractivity contribution in [3.8, 4) is 11.3 Å². The van der Waals surface area contributed by atoms with Crippen LogP contribution in [0.2, 0.25) is 10.0 Å². The van der Waals surface area contributed by atoms with Crippen LogP contribution in [-0.4, -0.2) is 16.7 Å². The van der Waals surface area contributed by atoms with E-state index in [0.717, 1.165) is 18.7 Å². The Morgan fingerprint density at radius 2 is 2.05 bits per heavy atom. The lowest BCUT2D eigenvalue weighted by molar-refractivity contribution is 0.628. The Morgan fingerprint density at radius 1 is 1.26 bits per heavy atom. The van der Waals surface area contributed by atoms with Crippen molar-refractivity contribution in [2.45, 2.75) is 19.9 Å². The summed E-state index contributed by atoms with van der Waals surface area (Å²) in [4.78, 5) is 0. The molecule has 102 valence electrons. The van der Waals surface area contributed by atoms with Gasteiger partial charge >= 0.3 is 0 Å². The van der Waals surface area contributed by atoms with Crippen LogP contribution >= 0.6 is 23.2 Å². The summed E-state index contributed by atoms with van der Waals surface area (Å²) < 4.78 is 13.5. The number of aromatic nitrogens is 2. The van der Waals surface area contributed by atoms with Gasteiger partial charge in [-0.25, -0.2) is 4.39 Å². The van der Waals surface area contributed by atoms with Crippen LogP contribution in [0, 0.1) is 5.82 Å². The standard InChI is InChI=1S/C13H14Cl2FN3/c1-2-3-17-7-8-4-13(19-18-8)9-5-12(16)11(15)6-10(9)14/h4-6,17H,2-3,7H2,1H3,(H,18,19). The average Bonchev–Trinajstić information content (AvgIpc) is 2.83. The van der Waals surface area contributed by atoms with Gasteiger partial charge in [-0.1, -0.05) is 30.1 Å². The van der Waals surface area contributed by atoms with E-state index in [9.17, 15) is 4.39 Å². The number of hydrogen-bond acceptors (Lipinski definition) is 2. The van der Waals surface area contributed by atoms with E-state index in [1.165, 1.54) is 12.1 Å². The molecule has 0 unspecified atom stereocenters. The largest absolute Gasteiger partial charge is 0.311 e. The highest BCUT2D eigenvalue weighted by Crippen LogP contribution is 2.31. The van der Waals surface area contributed by atoms with Gasteiger partial charge in [-0.2, -0.15) is 5.10 Å². The lowest BCUT2D eigenvalue weighted by Gasteiger charge is -2.02. The minimum Gasteiger partial charge on any atom is -0.311 e. The average molecular weight is 302 g/mol. The molecular formula is C13H14Cl2FN3. The van der Waals surface area contributed by atoms with E-state index in [1.807, 2.05) is 6.07 Å².